The maximum absolute atomic E-state index is 11.3. The lowest BCUT2D eigenvalue weighted by molar-refractivity contribution is 0.112. The van der Waals surface area contributed by atoms with Gasteiger partial charge in [-0.1, -0.05) is 11.6 Å². The molecule has 20 heavy (non-hydrogen) atoms. The van der Waals surface area contributed by atoms with Gasteiger partial charge in [0.2, 0.25) is 0 Å². The molecule has 1 heterocycles. The van der Waals surface area contributed by atoms with E-state index in [0.29, 0.717) is 12.0 Å². The van der Waals surface area contributed by atoms with Crippen molar-refractivity contribution < 1.29 is 13.2 Å². The van der Waals surface area contributed by atoms with E-state index < -0.39 is 9.84 Å². The standard InChI is InChI=1S/C12H10ClN3O3S/c1-20(18,19)9-4-2-8(3-5-9)16-12-10(6-17)11(13)14-7-15-12/h2-7H,1H3,(H,14,15,16). The molecule has 2 aromatic rings. The van der Waals surface area contributed by atoms with E-state index in [0.717, 1.165) is 6.26 Å². The van der Waals surface area contributed by atoms with E-state index in [1.165, 1.54) is 18.5 Å². The number of benzene rings is 1. The van der Waals surface area contributed by atoms with Gasteiger partial charge in [-0.05, 0) is 24.3 Å². The second-order valence-electron chi connectivity index (χ2n) is 3.97. The molecule has 8 heteroatoms. The van der Waals surface area contributed by atoms with Gasteiger partial charge in [-0.15, -0.1) is 0 Å². The predicted octanol–water partition coefficient (Wildman–Crippen LogP) is 2.09. The van der Waals surface area contributed by atoms with Crippen LogP contribution in [0.1, 0.15) is 10.4 Å². The van der Waals surface area contributed by atoms with E-state index in [-0.39, 0.29) is 21.4 Å². The van der Waals surface area contributed by atoms with Gasteiger partial charge in [-0.3, -0.25) is 4.79 Å². The summed E-state index contributed by atoms with van der Waals surface area (Å²) >= 11 is 5.78. The third-order valence-corrected chi connectivity index (χ3v) is 3.93. The summed E-state index contributed by atoms with van der Waals surface area (Å²) in [5.41, 5.74) is 0.719. The van der Waals surface area contributed by atoms with Crippen LogP contribution in [0.25, 0.3) is 0 Å². The molecule has 0 aliphatic carbocycles. The summed E-state index contributed by atoms with van der Waals surface area (Å²) in [5.74, 6) is 0.257. The Labute approximate surface area is 120 Å². The first-order chi connectivity index (χ1) is 9.41. The zero-order valence-electron chi connectivity index (χ0n) is 10.4. The van der Waals surface area contributed by atoms with Gasteiger partial charge >= 0.3 is 0 Å². The number of nitrogens with one attached hydrogen (secondary N) is 1. The highest BCUT2D eigenvalue weighted by atomic mass is 35.5. The van der Waals surface area contributed by atoms with E-state index in [1.807, 2.05) is 0 Å². The molecule has 2 rings (SSSR count). The number of sulfone groups is 1. The Morgan fingerprint density at radius 2 is 1.85 bits per heavy atom. The Bertz CT molecular complexity index is 745. The van der Waals surface area contributed by atoms with Crippen LogP contribution in [0.5, 0.6) is 0 Å². The van der Waals surface area contributed by atoms with E-state index in [4.69, 9.17) is 11.6 Å². The van der Waals surface area contributed by atoms with Crippen LogP contribution in [0.2, 0.25) is 5.15 Å². The van der Waals surface area contributed by atoms with Gasteiger partial charge in [-0.25, -0.2) is 18.4 Å². The Kier molecular flexibility index (Phi) is 4.01. The topological polar surface area (TPSA) is 89.0 Å². The molecule has 0 saturated carbocycles. The molecular formula is C12H10ClN3O3S. The second kappa shape index (κ2) is 5.56. The number of aromatic nitrogens is 2. The number of aldehydes is 1. The predicted molar refractivity (Wildman–Crippen MR) is 75.3 cm³/mol. The molecule has 0 saturated heterocycles. The fourth-order valence-electron chi connectivity index (χ4n) is 1.50. The van der Waals surface area contributed by atoms with Crippen molar-refractivity contribution >= 4 is 39.2 Å². The monoisotopic (exact) mass is 311 g/mol. The van der Waals surface area contributed by atoms with Crippen molar-refractivity contribution in [1.82, 2.24) is 9.97 Å². The second-order valence-corrected chi connectivity index (χ2v) is 6.34. The summed E-state index contributed by atoms with van der Waals surface area (Å²) in [7, 11) is -3.24. The smallest absolute Gasteiger partial charge is 0.175 e. The Balaban J connectivity index is 2.32. The van der Waals surface area contributed by atoms with Crippen LogP contribution >= 0.6 is 11.6 Å². The molecule has 0 fully saturated rings. The number of anilines is 2. The lowest BCUT2D eigenvalue weighted by Crippen LogP contribution is -2.01. The number of hydrogen-bond donors (Lipinski definition) is 1. The quantitative estimate of drug-likeness (QED) is 0.687. The maximum atomic E-state index is 11.3. The summed E-state index contributed by atoms with van der Waals surface area (Å²) < 4.78 is 22.7. The molecular weight excluding hydrogens is 302 g/mol. The third kappa shape index (κ3) is 3.12. The van der Waals surface area contributed by atoms with Gasteiger partial charge in [-0.2, -0.15) is 0 Å². The fourth-order valence-corrected chi connectivity index (χ4v) is 2.31. The molecule has 0 spiro atoms. The number of nitrogens with zero attached hydrogens (tertiary/aromatic N) is 2. The first kappa shape index (κ1) is 14.4. The zero-order chi connectivity index (χ0) is 14.8. The maximum Gasteiger partial charge on any atom is 0.175 e. The van der Waals surface area contributed by atoms with Crippen LogP contribution in [-0.2, 0) is 9.84 Å². The van der Waals surface area contributed by atoms with Crippen LogP contribution in [0.3, 0.4) is 0 Å². The molecule has 6 nitrogen and oxygen atoms in total. The molecule has 0 aliphatic heterocycles. The van der Waals surface area contributed by atoms with E-state index in [1.54, 1.807) is 12.1 Å². The minimum Gasteiger partial charge on any atom is -0.339 e. The average molecular weight is 312 g/mol. The number of halogens is 1. The van der Waals surface area contributed by atoms with Crippen LogP contribution in [0.4, 0.5) is 11.5 Å². The molecule has 0 aliphatic rings. The van der Waals surface area contributed by atoms with Crippen molar-refractivity contribution in [2.75, 3.05) is 11.6 Å². The molecule has 1 N–H and O–H groups in total. The van der Waals surface area contributed by atoms with E-state index in [9.17, 15) is 13.2 Å². The third-order valence-electron chi connectivity index (χ3n) is 2.50. The van der Waals surface area contributed by atoms with Gasteiger partial charge in [0, 0.05) is 11.9 Å². The molecule has 0 amide bonds. The van der Waals surface area contributed by atoms with Gasteiger partial charge in [0.25, 0.3) is 0 Å². The van der Waals surface area contributed by atoms with Crippen LogP contribution in [-0.4, -0.2) is 30.9 Å². The average Bonchev–Trinajstić information content (AvgIpc) is 2.38. The minimum atomic E-state index is -3.24. The molecule has 0 atom stereocenters. The van der Waals surface area contributed by atoms with Crippen molar-refractivity contribution in [2.24, 2.45) is 0 Å². The lowest BCUT2D eigenvalue weighted by atomic mass is 10.3. The SMILES string of the molecule is CS(=O)(=O)c1ccc(Nc2ncnc(Cl)c2C=O)cc1. The summed E-state index contributed by atoms with van der Waals surface area (Å²) in [6, 6.07) is 6.06. The zero-order valence-corrected chi connectivity index (χ0v) is 11.9. The Hall–Kier alpha value is -1.99. The molecule has 0 bridgehead atoms. The van der Waals surface area contributed by atoms with Crippen molar-refractivity contribution in [3.63, 3.8) is 0 Å². The minimum absolute atomic E-state index is 0.0465. The Morgan fingerprint density at radius 1 is 1.20 bits per heavy atom. The van der Waals surface area contributed by atoms with Crippen molar-refractivity contribution in [2.45, 2.75) is 4.90 Å². The first-order valence-electron chi connectivity index (χ1n) is 5.44. The van der Waals surface area contributed by atoms with Crippen LogP contribution in [0, 0.1) is 0 Å². The summed E-state index contributed by atoms with van der Waals surface area (Å²) in [5, 5.41) is 2.93. The van der Waals surface area contributed by atoms with Gasteiger partial charge in [0.15, 0.2) is 16.1 Å². The number of carbonyl (C=O) groups is 1. The number of carbonyl (C=O) groups excluding carboxylic acids is 1. The number of hydrogen-bond acceptors (Lipinski definition) is 6. The Morgan fingerprint density at radius 3 is 2.40 bits per heavy atom. The lowest BCUT2D eigenvalue weighted by Gasteiger charge is -2.08. The van der Waals surface area contributed by atoms with Gasteiger partial charge in [0.1, 0.15) is 17.3 Å². The van der Waals surface area contributed by atoms with Crippen LogP contribution < -0.4 is 5.32 Å². The van der Waals surface area contributed by atoms with E-state index in [2.05, 4.69) is 15.3 Å². The van der Waals surface area contributed by atoms with E-state index >= 15 is 0 Å². The summed E-state index contributed by atoms with van der Waals surface area (Å²) in [6.07, 6.45) is 2.90. The van der Waals surface area contributed by atoms with Gasteiger partial charge < -0.3 is 5.32 Å². The normalized spacial score (nSPS) is 11.1. The first-order valence-corrected chi connectivity index (χ1v) is 7.71. The molecule has 104 valence electrons. The summed E-state index contributed by atoms with van der Waals surface area (Å²) in [4.78, 5) is 18.8. The summed E-state index contributed by atoms with van der Waals surface area (Å²) in [6.45, 7) is 0. The molecule has 0 radical (unpaired) electrons. The number of rotatable bonds is 4. The fraction of sp³-hybridized carbons (Fsp3) is 0.0833. The molecule has 1 aromatic carbocycles. The largest absolute Gasteiger partial charge is 0.339 e. The van der Waals surface area contributed by atoms with Crippen molar-refractivity contribution in [3.05, 3.63) is 41.3 Å². The highest BCUT2D eigenvalue weighted by Crippen LogP contribution is 2.22. The molecule has 0 unspecified atom stereocenters. The highest BCUT2D eigenvalue weighted by molar-refractivity contribution is 7.90. The highest BCUT2D eigenvalue weighted by Gasteiger charge is 2.10. The van der Waals surface area contributed by atoms with Crippen LogP contribution in [0.15, 0.2) is 35.5 Å². The van der Waals surface area contributed by atoms with Crippen molar-refractivity contribution in [1.29, 1.82) is 0 Å². The van der Waals surface area contributed by atoms with Crippen molar-refractivity contribution in [3.8, 4) is 0 Å². The van der Waals surface area contributed by atoms with Gasteiger partial charge in [0.05, 0.1) is 10.5 Å². The molecule has 1 aromatic heterocycles.